The number of hydrogen-bond donors (Lipinski definition) is 2. The summed E-state index contributed by atoms with van der Waals surface area (Å²) in [5, 5.41) is 2.64. The Morgan fingerprint density at radius 2 is 2.64 bits per heavy atom. The van der Waals surface area contributed by atoms with Crippen LogP contribution in [0.15, 0.2) is 6.20 Å². The maximum absolute atomic E-state index is 11.1. The van der Waals surface area contributed by atoms with Crippen molar-refractivity contribution in [2.75, 3.05) is 12.3 Å². The summed E-state index contributed by atoms with van der Waals surface area (Å²) in [7, 11) is 0. The third-order valence-corrected chi connectivity index (χ3v) is 1.96. The largest absolute Gasteiger partial charge is 0.396 e. The number of rotatable bonds is 2. The van der Waals surface area contributed by atoms with Crippen molar-refractivity contribution in [3.8, 4) is 0 Å². The highest BCUT2D eigenvalue weighted by Crippen LogP contribution is 2.14. The minimum absolute atomic E-state index is 0.146. The zero-order chi connectivity index (χ0) is 8.27. The monoisotopic (exact) mass is 171 g/mol. The summed E-state index contributed by atoms with van der Waals surface area (Å²) in [6.07, 6.45) is 1.48. The standard InChI is InChI=1S/C6H9N3OS/c1-2-8-6(10)5-4(7)3-9-11-5/h3H,2,7H2,1H3,(H,8,10). The summed E-state index contributed by atoms with van der Waals surface area (Å²) >= 11 is 1.11. The third-order valence-electron chi connectivity index (χ3n) is 1.14. The van der Waals surface area contributed by atoms with Gasteiger partial charge in [0.2, 0.25) is 0 Å². The van der Waals surface area contributed by atoms with Crippen molar-refractivity contribution < 1.29 is 4.79 Å². The minimum Gasteiger partial charge on any atom is -0.396 e. The van der Waals surface area contributed by atoms with Gasteiger partial charge in [0.1, 0.15) is 4.88 Å². The van der Waals surface area contributed by atoms with Crippen molar-refractivity contribution in [1.82, 2.24) is 9.69 Å². The molecule has 1 rings (SSSR count). The van der Waals surface area contributed by atoms with Gasteiger partial charge in [-0.05, 0) is 18.5 Å². The van der Waals surface area contributed by atoms with Crippen LogP contribution >= 0.6 is 11.5 Å². The SMILES string of the molecule is CCNC(=O)c1sncc1N. The van der Waals surface area contributed by atoms with E-state index >= 15 is 0 Å². The van der Waals surface area contributed by atoms with Gasteiger partial charge in [-0.2, -0.15) is 4.37 Å². The smallest absolute Gasteiger partial charge is 0.265 e. The number of carbonyl (C=O) groups excluding carboxylic acids is 1. The average molecular weight is 171 g/mol. The van der Waals surface area contributed by atoms with Crippen molar-refractivity contribution in [2.45, 2.75) is 6.92 Å². The Labute approximate surface area is 68.6 Å². The third kappa shape index (κ3) is 1.68. The van der Waals surface area contributed by atoms with Gasteiger partial charge >= 0.3 is 0 Å². The van der Waals surface area contributed by atoms with Gasteiger partial charge in [0.05, 0.1) is 11.9 Å². The van der Waals surface area contributed by atoms with Crippen LogP contribution < -0.4 is 11.1 Å². The fraction of sp³-hybridized carbons (Fsp3) is 0.333. The number of aromatic nitrogens is 1. The van der Waals surface area contributed by atoms with E-state index in [1.165, 1.54) is 6.20 Å². The first-order chi connectivity index (χ1) is 5.25. The Bertz CT molecular complexity index is 258. The molecule has 5 heteroatoms. The summed E-state index contributed by atoms with van der Waals surface area (Å²) in [4.78, 5) is 11.6. The highest BCUT2D eigenvalue weighted by atomic mass is 32.1. The molecule has 0 atom stereocenters. The molecule has 1 aromatic heterocycles. The van der Waals surface area contributed by atoms with E-state index in [0.717, 1.165) is 11.5 Å². The predicted octanol–water partition coefficient (Wildman–Crippen LogP) is 0.475. The lowest BCUT2D eigenvalue weighted by atomic mass is 10.4. The van der Waals surface area contributed by atoms with E-state index < -0.39 is 0 Å². The van der Waals surface area contributed by atoms with E-state index in [1.54, 1.807) is 0 Å². The quantitative estimate of drug-likeness (QED) is 0.679. The van der Waals surface area contributed by atoms with E-state index in [-0.39, 0.29) is 5.91 Å². The van der Waals surface area contributed by atoms with Crippen LogP contribution in [0.3, 0.4) is 0 Å². The summed E-state index contributed by atoms with van der Waals surface area (Å²) in [5.74, 6) is -0.146. The number of carbonyl (C=O) groups is 1. The number of anilines is 1. The maximum Gasteiger partial charge on any atom is 0.265 e. The van der Waals surface area contributed by atoms with Gasteiger partial charge in [-0.15, -0.1) is 0 Å². The van der Waals surface area contributed by atoms with Crippen LogP contribution in [0.4, 0.5) is 5.69 Å². The van der Waals surface area contributed by atoms with Gasteiger partial charge < -0.3 is 11.1 Å². The van der Waals surface area contributed by atoms with E-state index in [9.17, 15) is 4.79 Å². The number of nitrogens with two attached hydrogens (primary N) is 1. The molecule has 3 N–H and O–H groups in total. The average Bonchev–Trinajstić information content (AvgIpc) is 2.36. The fourth-order valence-electron chi connectivity index (χ4n) is 0.661. The molecular formula is C6H9N3OS. The first-order valence-corrected chi connectivity index (χ1v) is 4.01. The van der Waals surface area contributed by atoms with E-state index in [2.05, 4.69) is 9.69 Å². The highest BCUT2D eigenvalue weighted by molar-refractivity contribution is 7.08. The summed E-state index contributed by atoms with van der Waals surface area (Å²) in [6.45, 7) is 2.46. The number of hydrogen-bond acceptors (Lipinski definition) is 4. The molecule has 0 radical (unpaired) electrons. The molecule has 1 heterocycles. The van der Waals surface area contributed by atoms with Gasteiger partial charge in [-0.25, -0.2) is 0 Å². The van der Waals surface area contributed by atoms with Crippen LogP contribution in [0.5, 0.6) is 0 Å². The topological polar surface area (TPSA) is 68.0 Å². The molecule has 11 heavy (non-hydrogen) atoms. The molecule has 0 spiro atoms. The van der Waals surface area contributed by atoms with Crippen molar-refractivity contribution >= 4 is 23.1 Å². The molecule has 0 aliphatic heterocycles. The van der Waals surface area contributed by atoms with Gasteiger partial charge in [0, 0.05) is 6.54 Å². The number of amides is 1. The van der Waals surface area contributed by atoms with Crippen LogP contribution in [-0.2, 0) is 0 Å². The Kier molecular flexibility index (Phi) is 2.43. The second kappa shape index (κ2) is 3.34. The van der Waals surface area contributed by atoms with Gasteiger partial charge in [-0.3, -0.25) is 4.79 Å². The molecule has 0 aliphatic rings. The first kappa shape index (κ1) is 8.00. The molecule has 0 fully saturated rings. The summed E-state index contributed by atoms with van der Waals surface area (Å²) < 4.78 is 3.78. The van der Waals surface area contributed by atoms with E-state index in [0.29, 0.717) is 17.1 Å². The molecule has 60 valence electrons. The van der Waals surface area contributed by atoms with Crippen LogP contribution in [-0.4, -0.2) is 16.8 Å². The van der Waals surface area contributed by atoms with Gasteiger partial charge in [0.15, 0.2) is 0 Å². The number of nitrogens with zero attached hydrogens (tertiary/aromatic N) is 1. The summed E-state index contributed by atoms with van der Waals surface area (Å²) in [6, 6.07) is 0. The summed E-state index contributed by atoms with van der Waals surface area (Å²) in [5.41, 5.74) is 5.90. The van der Waals surface area contributed by atoms with Crippen molar-refractivity contribution in [3.05, 3.63) is 11.1 Å². The maximum atomic E-state index is 11.1. The lowest BCUT2D eigenvalue weighted by Gasteiger charge is -1.97. The number of nitrogen functional groups attached to an aromatic ring is 1. The Hall–Kier alpha value is -1.10. The first-order valence-electron chi connectivity index (χ1n) is 3.24. The predicted molar refractivity (Wildman–Crippen MR) is 44.5 cm³/mol. The molecule has 0 aromatic carbocycles. The van der Waals surface area contributed by atoms with Crippen molar-refractivity contribution in [2.24, 2.45) is 0 Å². The molecule has 0 aliphatic carbocycles. The fourth-order valence-corrected chi connectivity index (χ4v) is 1.25. The lowest BCUT2D eigenvalue weighted by Crippen LogP contribution is -2.22. The zero-order valence-corrected chi connectivity index (χ0v) is 6.94. The molecule has 0 unspecified atom stereocenters. The zero-order valence-electron chi connectivity index (χ0n) is 6.13. The van der Waals surface area contributed by atoms with Crippen molar-refractivity contribution in [1.29, 1.82) is 0 Å². The molecule has 1 aromatic rings. The molecule has 0 saturated heterocycles. The molecule has 1 amide bonds. The Morgan fingerprint density at radius 1 is 1.91 bits per heavy atom. The normalized spacial score (nSPS) is 9.55. The minimum atomic E-state index is -0.146. The second-order valence-corrected chi connectivity index (χ2v) is 2.77. The van der Waals surface area contributed by atoms with Crippen LogP contribution in [0.25, 0.3) is 0 Å². The van der Waals surface area contributed by atoms with E-state index in [1.807, 2.05) is 6.92 Å². The Balaban J connectivity index is 2.76. The van der Waals surface area contributed by atoms with Gasteiger partial charge in [-0.1, -0.05) is 0 Å². The number of nitrogens with one attached hydrogen (secondary N) is 1. The van der Waals surface area contributed by atoms with Crippen LogP contribution in [0, 0.1) is 0 Å². The van der Waals surface area contributed by atoms with Gasteiger partial charge in [0.25, 0.3) is 5.91 Å². The van der Waals surface area contributed by atoms with E-state index in [4.69, 9.17) is 5.73 Å². The highest BCUT2D eigenvalue weighted by Gasteiger charge is 2.09. The molecular weight excluding hydrogens is 162 g/mol. The van der Waals surface area contributed by atoms with Crippen molar-refractivity contribution in [3.63, 3.8) is 0 Å². The van der Waals surface area contributed by atoms with Crippen LogP contribution in [0.1, 0.15) is 16.6 Å². The molecule has 0 bridgehead atoms. The Morgan fingerprint density at radius 3 is 3.09 bits per heavy atom. The lowest BCUT2D eigenvalue weighted by molar-refractivity contribution is 0.0960. The molecule has 0 saturated carbocycles. The second-order valence-electron chi connectivity index (χ2n) is 1.97. The van der Waals surface area contributed by atoms with Crippen LogP contribution in [0.2, 0.25) is 0 Å². The molecule has 4 nitrogen and oxygen atoms in total.